The number of benzene rings is 2. The number of hydrogen-bond acceptors (Lipinski definition) is 2. The second-order valence-corrected chi connectivity index (χ2v) is 5.81. The molecule has 1 aliphatic rings. The van der Waals surface area contributed by atoms with Crippen LogP contribution in [0.2, 0.25) is 0 Å². The van der Waals surface area contributed by atoms with Crippen LogP contribution in [0.1, 0.15) is 46.4 Å². The maximum Gasteiger partial charge on any atom is 0.251 e. The summed E-state index contributed by atoms with van der Waals surface area (Å²) in [5.74, 6) is 0.693. The molecule has 1 N–H and O–H groups in total. The molecule has 1 amide bonds. The van der Waals surface area contributed by atoms with Crippen molar-refractivity contribution in [3.63, 3.8) is 0 Å². The topological polar surface area (TPSA) is 38.3 Å². The van der Waals surface area contributed by atoms with Crippen molar-refractivity contribution in [1.29, 1.82) is 0 Å². The Morgan fingerprint density at radius 3 is 2.55 bits per heavy atom. The van der Waals surface area contributed by atoms with Gasteiger partial charge >= 0.3 is 0 Å². The van der Waals surface area contributed by atoms with Crippen LogP contribution in [0.25, 0.3) is 0 Å². The van der Waals surface area contributed by atoms with E-state index in [9.17, 15) is 4.79 Å². The molecule has 0 aromatic heterocycles. The van der Waals surface area contributed by atoms with Crippen molar-refractivity contribution in [2.45, 2.75) is 32.2 Å². The van der Waals surface area contributed by atoms with Gasteiger partial charge in [-0.1, -0.05) is 18.2 Å². The van der Waals surface area contributed by atoms with Gasteiger partial charge in [0.25, 0.3) is 5.91 Å². The van der Waals surface area contributed by atoms with Crippen LogP contribution >= 0.6 is 0 Å². The van der Waals surface area contributed by atoms with Crippen molar-refractivity contribution in [1.82, 2.24) is 5.32 Å². The summed E-state index contributed by atoms with van der Waals surface area (Å²) in [4.78, 5) is 12.3. The molecule has 0 saturated carbocycles. The first-order valence-electron chi connectivity index (χ1n) is 7.74. The Hall–Kier alpha value is -2.29. The molecule has 0 aliphatic heterocycles. The Kier molecular flexibility index (Phi) is 4.14. The number of aryl methyl sites for hydroxylation is 2. The van der Waals surface area contributed by atoms with E-state index >= 15 is 0 Å². The van der Waals surface area contributed by atoms with Crippen LogP contribution in [0.5, 0.6) is 5.75 Å². The standard InChI is InChI=1S/C19H21NO2/c1-13(16-7-6-14-4-3-5-17(14)12-16)20-19(21)15-8-10-18(22-2)11-9-15/h6-13H,3-5H2,1-2H3,(H,20,21). The number of fused-ring (bicyclic) bond motifs is 1. The van der Waals surface area contributed by atoms with Gasteiger partial charge in [-0.2, -0.15) is 0 Å². The molecular weight excluding hydrogens is 274 g/mol. The molecule has 0 fully saturated rings. The summed E-state index contributed by atoms with van der Waals surface area (Å²) in [7, 11) is 1.62. The fraction of sp³-hybridized carbons (Fsp3) is 0.316. The molecule has 114 valence electrons. The quantitative estimate of drug-likeness (QED) is 0.934. The van der Waals surface area contributed by atoms with Gasteiger partial charge in [-0.15, -0.1) is 0 Å². The number of carbonyl (C=O) groups is 1. The first-order chi connectivity index (χ1) is 10.7. The van der Waals surface area contributed by atoms with E-state index in [0.29, 0.717) is 5.56 Å². The summed E-state index contributed by atoms with van der Waals surface area (Å²) in [5, 5.41) is 3.06. The van der Waals surface area contributed by atoms with E-state index in [-0.39, 0.29) is 11.9 Å². The van der Waals surface area contributed by atoms with Crippen molar-refractivity contribution in [3.05, 3.63) is 64.7 Å². The summed E-state index contributed by atoms with van der Waals surface area (Å²) >= 11 is 0. The lowest BCUT2D eigenvalue weighted by atomic mass is 10.0. The van der Waals surface area contributed by atoms with Gasteiger partial charge in [0.05, 0.1) is 13.2 Å². The number of hydrogen-bond donors (Lipinski definition) is 1. The van der Waals surface area contributed by atoms with Gasteiger partial charge in [-0.25, -0.2) is 0 Å². The molecule has 3 heteroatoms. The maximum atomic E-state index is 12.3. The predicted molar refractivity (Wildman–Crippen MR) is 87.3 cm³/mol. The van der Waals surface area contributed by atoms with E-state index in [1.54, 1.807) is 31.4 Å². The highest BCUT2D eigenvalue weighted by molar-refractivity contribution is 5.94. The maximum absolute atomic E-state index is 12.3. The van der Waals surface area contributed by atoms with Crippen molar-refractivity contribution < 1.29 is 9.53 Å². The van der Waals surface area contributed by atoms with Gasteiger partial charge in [0.2, 0.25) is 0 Å². The molecule has 2 aromatic rings. The molecule has 3 rings (SSSR count). The lowest BCUT2D eigenvalue weighted by Gasteiger charge is -2.16. The van der Waals surface area contributed by atoms with Gasteiger partial charge in [-0.05, 0) is 67.1 Å². The Labute approximate surface area is 131 Å². The Balaban J connectivity index is 1.70. The fourth-order valence-corrected chi connectivity index (χ4v) is 2.97. The van der Waals surface area contributed by atoms with Crippen LogP contribution in [0.4, 0.5) is 0 Å². The van der Waals surface area contributed by atoms with E-state index < -0.39 is 0 Å². The van der Waals surface area contributed by atoms with Gasteiger partial charge < -0.3 is 10.1 Å². The van der Waals surface area contributed by atoms with Crippen molar-refractivity contribution in [3.8, 4) is 5.75 Å². The SMILES string of the molecule is COc1ccc(C(=O)NC(C)c2ccc3c(c2)CCC3)cc1. The predicted octanol–water partition coefficient (Wildman–Crippen LogP) is 3.67. The monoisotopic (exact) mass is 295 g/mol. The molecule has 0 radical (unpaired) electrons. The zero-order valence-electron chi connectivity index (χ0n) is 13.1. The first kappa shape index (κ1) is 14.6. The van der Waals surface area contributed by atoms with E-state index in [4.69, 9.17) is 4.74 Å². The van der Waals surface area contributed by atoms with Crippen molar-refractivity contribution in [2.75, 3.05) is 7.11 Å². The van der Waals surface area contributed by atoms with Gasteiger partial charge in [0, 0.05) is 5.56 Å². The molecule has 0 saturated heterocycles. The van der Waals surface area contributed by atoms with Crippen LogP contribution in [0.3, 0.4) is 0 Å². The fourth-order valence-electron chi connectivity index (χ4n) is 2.97. The van der Waals surface area contributed by atoms with E-state index in [1.165, 1.54) is 29.5 Å². The smallest absolute Gasteiger partial charge is 0.251 e. The number of nitrogens with one attached hydrogen (secondary N) is 1. The summed E-state index contributed by atoms with van der Waals surface area (Å²) in [6.07, 6.45) is 3.58. The normalized spacial score (nSPS) is 14.3. The Bertz CT molecular complexity index is 676. The number of carbonyl (C=O) groups excluding carboxylic acids is 1. The lowest BCUT2D eigenvalue weighted by Crippen LogP contribution is -2.26. The molecule has 22 heavy (non-hydrogen) atoms. The van der Waals surface area contributed by atoms with Crippen molar-refractivity contribution >= 4 is 5.91 Å². The number of methoxy groups -OCH3 is 1. The second kappa shape index (κ2) is 6.22. The van der Waals surface area contributed by atoms with Crippen LogP contribution in [0, 0.1) is 0 Å². The molecule has 3 nitrogen and oxygen atoms in total. The van der Waals surface area contributed by atoms with Gasteiger partial charge in [0.1, 0.15) is 5.75 Å². The third-order valence-electron chi connectivity index (χ3n) is 4.32. The summed E-state index contributed by atoms with van der Waals surface area (Å²) in [6, 6.07) is 13.7. The van der Waals surface area contributed by atoms with E-state index in [0.717, 1.165) is 12.2 Å². The lowest BCUT2D eigenvalue weighted by molar-refractivity contribution is 0.0940. The summed E-state index contributed by atoms with van der Waals surface area (Å²) in [6.45, 7) is 2.03. The average Bonchev–Trinajstić information content (AvgIpc) is 3.02. The van der Waals surface area contributed by atoms with Crippen molar-refractivity contribution in [2.24, 2.45) is 0 Å². The third kappa shape index (κ3) is 2.98. The van der Waals surface area contributed by atoms with Crippen LogP contribution in [-0.2, 0) is 12.8 Å². The van der Waals surface area contributed by atoms with E-state index in [1.807, 2.05) is 6.92 Å². The summed E-state index contributed by atoms with van der Waals surface area (Å²) in [5.41, 5.74) is 4.71. The number of rotatable bonds is 4. The Morgan fingerprint density at radius 1 is 1.09 bits per heavy atom. The average molecular weight is 295 g/mol. The highest BCUT2D eigenvalue weighted by Gasteiger charge is 2.15. The number of amides is 1. The zero-order valence-corrected chi connectivity index (χ0v) is 13.1. The third-order valence-corrected chi connectivity index (χ3v) is 4.32. The highest BCUT2D eigenvalue weighted by atomic mass is 16.5. The minimum absolute atomic E-state index is 0.000465. The highest BCUT2D eigenvalue weighted by Crippen LogP contribution is 2.25. The molecular formula is C19H21NO2. The minimum Gasteiger partial charge on any atom is -0.497 e. The second-order valence-electron chi connectivity index (χ2n) is 5.81. The van der Waals surface area contributed by atoms with Gasteiger partial charge in [-0.3, -0.25) is 4.79 Å². The van der Waals surface area contributed by atoms with Crippen LogP contribution in [-0.4, -0.2) is 13.0 Å². The van der Waals surface area contributed by atoms with E-state index in [2.05, 4.69) is 23.5 Å². The molecule has 1 aliphatic carbocycles. The molecule has 0 bridgehead atoms. The zero-order chi connectivity index (χ0) is 15.5. The molecule has 0 heterocycles. The van der Waals surface area contributed by atoms with Gasteiger partial charge in [0.15, 0.2) is 0 Å². The first-order valence-corrected chi connectivity index (χ1v) is 7.74. The molecule has 1 unspecified atom stereocenters. The molecule has 2 aromatic carbocycles. The summed E-state index contributed by atoms with van der Waals surface area (Å²) < 4.78 is 5.11. The Morgan fingerprint density at radius 2 is 1.82 bits per heavy atom. The van der Waals surface area contributed by atoms with Crippen LogP contribution < -0.4 is 10.1 Å². The largest absolute Gasteiger partial charge is 0.497 e. The molecule has 0 spiro atoms. The number of ether oxygens (including phenoxy) is 1. The molecule has 1 atom stereocenters. The van der Waals surface area contributed by atoms with Crippen LogP contribution in [0.15, 0.2) is 42.5 Å². The minimum atomic E-state index is -0.0596.